The van der Waals surface area contributed by atoms with Crippen LogP contribution >= 0.6 is 0 Å². The highest BCUT2D eigenvalue weighted by molar-refractivity contribution is 5.95. The Morgan fingerprint density at radius 1 is 0.838 bits per heavy atom. The van der Waals surface area contributed by atoms with Gasteiger partial charge in [0, 0.05) is 29.7 Å². The summed E-state index contributed by atoms with van der Waals surface area (Å²) in [5.41, 5.74) is 7.08. The van der Waals surface area contributed by atoms with Crippen molar-refractivity contribution in [2.24, 2.45) is 0 Å². The first-order valence-electron chi connectivity index (χ1n) is 12.3. The maximum atomic E-state index is 6.19. The number of nitrogens with zero attached hydrogens (tertiary/aromatic N) is 6. The normalized spacial score (nSPS) is 14.4. The van der Waals surface area contributed by atoms with E-state index in [4.69, 9.17) is 14.7 Å². The Morgan fingerprint density at radius 2 is 1.76 bits per heavy atom. The zero-order chi connectivity index (χ0) is 24.6. The highest BCUT2D eigenvalue weighted by Gasteiger charge is 2.18. The summed E-state index contributed by atoms with van der Waals surface area (Å²) in [4.78, 5) is 26.4. The molecule has 0 radical (unpaired) electrons. The van der Waals surface area contributed by atoms with Gasteiger partial charge >= 0.3 is 0 Å². The van der Waals surface area contributed by atoms with Crippen LogP contribution in [0, 0.1) is 0 Å². The molecule has 0 saturated carbocycles. The van der Waals surface area contributed by atoms with Crippen LogP contribution in [0.4, 0.5) is 0 Å². The van der Waals surface area contributed by atoms with Gasteiger partial charge in [-0.05, 0) is 56.3 Å². The van der Waals surface area contributed by atoms with Gasteiger partial charge in [-0.2, -0.15) is 5.10 Å². The average molecular weight is 490 g/mol. The number of hydrogen-bond acceptors (Lipinski definition) is 8. The summed E-state index contributed by atoms with van der Waals surface area (Å²) >= 11 is 0. The summed E-state index contributed by atoms with van der Waals surface area (Å²) in [6.07, 6.45) is 11.0. The van der Waals surface area contributed by atoms with Crippen molar-refractivity contribution in [3.8, 4) is 39.8 Å². The van der Waals surface area contributed by atoms with Crippen LogP contribution < -0.4 is 10.1 Å². The number of aromatic amines is 2. The van der Waals surface area contributed by atoms with Crippen LogP contribution in [0.15, 0.2) is 67.4 Å². The van der Waals surface area contributed by atoms with Crippen LogP contribution in [0.1, 0.15) is 12.8 Å². The Morgan fingerprint density at radius 3 is 2.65 bits per heavy atom. The fourth-order valence-corrected chi connectivity index (χ4v) is 4.71. The lowest BCUT2D eigenvalue weighted by atomic mass is 10.1. The van der Waals surface area contributed by atoms with Crippen LogP contribution in [0.2, 0.25) is 0 Å². The summed E-state index contributed by atoms with van der Waals surface area (Å²) in [6.45, 7) is 1.95. The second-order valence-corrected chi connectivity index (χ2v) is 9.03. The molecule has 182 valence electrons. The first-order chi connectivity index (χ1) is 18.3. The Kier molecular flexibility index (Phi) is 5.29. The van der Waals surface area contributed by atoms with Crippen LogP contribution in [-0.2, 0) is 0 Å². The van der Waals surface area contributed by atoms with Crippen molar-refractivity contribution in [3.63, 3.8) is 0 Å². The minimum absolute atomic E-state index is 0.202. The fraction of sp³-hybridized carbons (Fsp3) is 0.185. The largest absolute Gasteiger partial charge is 0.489 e. The number of nitrogens with one attached hydrogen (secondary N) is 3. The second-order valence-electron chi connectivity index (χ2n) is 9.03. The van der Waals surface area contributed by atoms with Gasteiger partial charge in [0.25, 0.3) is 0 Å². The van der Waals surface area contributed by atoms with Crippen LogP contribution in [0.25, 0.3) is 56.1 Å². The molecule has 1 saturated heterocycles. The Labute approximate surface area is 211 Å². The summed E-state index contributed by atoms with van der Waals surface area (Å²) in [6, 6.07) is 11.7. The van der Waals surface area contributed by atoms with Gasteiger partial charge in [0.15, 0.2) is 11.5 Å². The molecule has 0 bridgehead atoms. The standard InChI is InChI=1S/C27H23N9O/c1-2-8-31-21(3-1)19-14-30-15-23-24(19)34-27(33-23)26-25-22(35-36-26)5-4-20(32-25)16-11-18(13-29-12-16)37-17-6-9-28-10-7-17/h1-5,8,11-15,17,28H,6-7,9-10H2,(H,33,34)(H,35,36). The van der Waals surface area contributed by atoms with E-state index in [9.17, 15) is 0 Å². The van der Waals surface area contributed by atoms with Crippen molar-refractivity contribution in [3.05, 3.63) is 67.4 Å². The molecule has 6 aromatic rings. The van der Waals surface area contributed by atoms with Gasteiger partial charge in [0.2, 0.25) is 0 Å². The zero-order valence-electron chi connectivity index (χ0n) is 19.8. The third kappa shape index (κ3) is 4.07. The number of ether oxygens (including phenoxy) is 1. The fourth-order valence-electron chi connectivity index (χ4n) is 4.71. The number of imidazole rings is 1. The molecule has 1 fully saturated rings. The average Bonchev–Trinajstić information content (AvgIpc) is 3.58. The lowest BCUT2D eigenvalue weighted by molar-refractivity contribution is 0.162. The Balaban J connectivity index is 1.26. The molecule has 1 aliphatic heterocycles. The number of H-pyrrole nitrogens is 2. The van der Waals surface area contributed by atoms with Gasteiger partial charge in [0.05, 0.1) is 34.8 Å². The van der Waals surface area contributed by atoms with Crippen molar-refractivity contribution < 1.29 is 4.74 Å². The third-order valence-electron chi connectivity index (χ3n) is 6.56. The lowest BCUT2D eigenvalue weighted by Crippen LogP contribution is -2.34. The predicted octanol–water partition coefficient (Wildman–Crippen LogP) is 4.15. The minimum Gasteiger partial charge on any atom is -0.489 e. The molecule has 37 heavy (non-hydrogen) atoms. The third-order valence-corrected chi connectivity index (χ3v) is 6.56. The molecule has 0 atom stereocenters. The summed E-state index contributed by atoms with van der Waals surface area (Å²) < 4.78 is 6.19. The highest BCUT2D eigenvalue weighted by atomic mass is 16.5. The van der Waals surface area contributed by atoms with E-state index < -0.39 is 0 Å². The molecule has 6 aromatic heterocycles. The summed E-state index contributed by atoms with van der Waals surface area (Å²) in [5.74, 6) is 1.36. The van der Waals surface area contributed by atoms with Gasteiger partial charge < -0.3 is 15.0 Å². The molecule has 1 aliphatic rings. The molecule has 3 N–H and O–H groups in total. The molecule has 7 heterocycles. The first-order valence-corrected chi connectivity index (χ1v) is 12.3. The Bertz CT molecular complexity index is 1700. The summed E-state index contributed by atoms with van der Waals surface area (Å²) in [5, 5.41) is 11.0. The number of hydrogen-bond donors (Lipinski definition) is 3. The molecule has 0 amide bonds. The van der Waals surface area contributed by atoms with Gasteiger partial charge in [-0.1, -0.05) is 6.07 Å². The quantitative estimate of drug-likeness (QED) is 0.329. The van der Waals surface area contributed by atoms with E-state index in [1.807, 2.05) is 36.4 Å². The number of rotatable bonds is 5. The maximum Gasteiger partial charge on any atom is 0.161 e. The number of pyridine rings is 4. The van der Waals surface area contributed by atoms with E-state index >= 15 is 0 Å². The Hall–Kier alpha value is -4.70. The van der Waals surface area contributed by atoms with Crippen molar-refractivity contribution in [2.75, 3.05) is 13.1 Å². The van der Waals surface area contributed by atoms with Crippen LogP contribution in [0.3, 0.4) is 0 Å². The number of piperidine rings is 1. The van der Waals surface area contributed by atoms with Crippen LogP contribution in [0.5, 0.6) is 5.75 Å². The monoisotopic (exact) mass is 489 g/mol. The molecule has 0 aliphatic carbocycles. The van der Waals surface area contributed by atoms with E-state index in [-0.39, 0.29) is 6.10 Å². The smallest absolute Gasteiger partial charge is 0.161 e. The van der Waals surface area contributed by atoms with E-state index in [1.54, 1.807) is 31.0 Å². The predicted molar refractivity (Wildman–Crippen MR) is 140 cm³/mol. The van der Waals surface area contributed by atoms with Gasteiger partial charge in [-0.3, -0.25) is 20.1 Å². The van der Waals surface area contributed by atoms with Crippen molar-refractivity contribution >= 4 is 22.1 Å². The summed E-state index contributed by atoms with van der Waals surface area (Å²) in [7, 11) is 0. The number of aromatic nitrogens is 8. The van der Waals surface area contributed by atoms with Crippen LogP contribution in [-0.4, -0.2) is 59.3 Å². The molecule has 0 unspecified atom stereocenters. The zero-order valence-corrected chi connectivity index (χ0v) is 19.8. The lowest BCUT2D eigenvalue weighted by Gasteiger charge is -2.23. The first kappa shape index (κ1) is 21.6. The molecule has 7 rings (SSSR count). The van der Waals surface area contributed by atoms with Gasteiger partial charge in [-0.25, -0.2) is 9.97 Å². The van der Waals surface area contributed by atoms with Gasteiger partial charge in [-0.15, -0.1) is 0 Å². The molecular weight excluding hydrogens is 466 g/mol. The van der Waals surface area contributed by atoms with Crippen molar-refractivity contribution in [1.82, 2.24) is 45.4 Å². The van der Waals surface area contributed by atoms with E-state index in [2.05, 4.69) is 35.5 Å². The number of fused-ring (bicyclic) bond motifs is 2. The topological polar surface area (TPSA) is 130 Å². The van der Waals surface area contributed by atoms with Crippen molar-refractivity contribution in [1.29, 1.82) is 0 Å². The second kappa shape index (κ2) is 9.07. The molecule has 0 spiro atoms. The molecule has 10 nitrogen and oxygen atoms in total. The molecule has 10 heteroatoms. The van der Waals surface area contributed by atoms with Crippen molar-refractivity contribution in [2.45, 2.75) is 18.9 Å². The molecule has 0 aromatic carbocycles. The molecular formula is C27H23N9O. The highest BCUT2D eigenvalue weighted by Crippen LogP contribution is 2.31. The van der Waals surface area contributed by atoms with Gasteiger partial charge in [0.1, 0.15) is 22.9 Å². The minimum atomic E-state index is 0.202. The van der Waals surface area contributed by atoms with E-state index in [1.165, 1.54) is 0 Å². The van der Waals surface area contributed by atoms with E-state index in [0.717, 1.165) is 70.7 Å². The maximum absolute atomic E-state index is 6.19. The van der Waals surface area contributed by atoms with E-state index in [0.29, 0.717) is 17.0 Å². The SMILES string of the molecule is c1ccc(-c2cncc3[nH]c(-c4n[nH]c5ccc(-c6cncc(OC7CCNCC7)c6)nc45)nc23)nc1.